The van der Waals surface area contributed by atoms with Crippen LogP contribution in [-0.2, 0) is 4.79 Å². The Balaban J connectivity index is 1.31. The Morgan fingerprint density at radius 2 is 2.04 bits per heavy atom. The van der Waals surface area contributed by atoms with Gasteiger partial charge in [0.05, 0.1) is 5.52 Å². The van der Waals surface area contributed by atoms with Crippen molar-refractivity contribution in [2.24, 2.45) is 5.92 Å². The van der Waals surface area contributed by atoms with Crippen molar-refractivity contribution in [3.8, 4) is 0 Å². The predicted molar refractivity (Wildman–Crippen MR) is 101 cm³/mol. The number of oxazole rings is 1. The maximum absolute atomic E-state index is 13.4. The Morgan fingerprint density at radius 3 is 2.81 bits per heavy atom. The van der Waals surface area contributed by atoms with Crippen molar-refractivity contribution in [3.05, 3.63) is 58.8 Å². The highest BCUT2D eigenvalue weighted by Gasteiger charge is 2.22. The summed E-state index contributed by atoms with van der Waals surface area (Å²) in [4.78, 5) is 28.3. The number of benzene rings is 2. The van der Waals surface area contributed by atoms with Gasteiger partial charge in [-0.3, -0.25) is 9.78 Å². The van der Waals surface area contributed by atoms with E-state index in [0.717, 1.165) is 31.6 Å². The zero-order valence-corrected chi connectivity index (χ0v) is 14.7. The minimum absolute atomic E-state index is 0.0589. The van der Waals surface area contributed by atoms with Crippen molar-refractivity contribution >= 4 is 28.4 Å². The van der Waals surface area contributed by atoms with Gasteiger partial charge in [-0.1, -0.05) is 6.07 Å². The average Bonchev–Trinajstić information content (AvgIpc) is 3.01. The van der Waals surface area contributed by atoms with Gasteiger partial charge in [0, 0.05) is 37.0 Å². The maximum Gasteiger partial charge on any atom is 0.417 e. The molecule has 1 fully saturated rings. The number of carbonyl (C=O) groups is 1. The molecular formula is C20H20FN3O3. The van der Waals surface area contributed by atoms with E-state index in [1.54, 1.807) is 30.3 Å². The lowest BCUT2D eigenvalue weighted by Crippen LogP contribution is -2.34. The monoisotopic (exact) mass is 369 g/mol. The van der Waals surface area contributed by atoms with Crippen molar-refractivity contribution in [1.82, 2.24) is 4.98 Å². The number of carbonyl (C=O) groups excluding carboxylic acids is 1. The number of nitrogens with one attached hydrogen (secondary N) is 2. The molecule has 4 rings (SSSR count). The van der Waals surface area contributed by atoms with E-state index in [9.17, 15) is 14.0 Å². The number of fused-ring (bicyclic) bond motifs is 1. The van der Waals surface area contributed by atoms with E-state index in [0.29, 0.717) is 29.1 Å². The molecule has 1 saturated heterocycles. The number of rotatable bonds is 4. The molecular weight excluding hydrogens is 349 g/mol. The van der Waals surface area contributed by atoms with Crippen LogP contribution in [0.1, 0.15) is 19.3 Å². The van der Waals surface area contributed by atoms with Crippen LogP contribution in [0.3, 0.4) is 0 Å². The zero-order valence-electron chi connectivity index (χ0n) is 14.7. The molecule has 140 valence electrons. The highest BCUT2D eigenvalue weighted by Crippen LogP contribution is 2.26. The molecule has 1 aromatic heterocycles. The third-order valence-corrected chi connectivity index (χ3v) is 4.97. The van der Waals surface area contributed by atoms with Crippen LogP contribution in [0.4, 0.5) is 15.8 Å². The maximum atomic E-state index is 13.4. The standard InChI is InChI=1S/C20H20FN3O3/c21-14-2-1-3-16(11-14)24-8-6-13(7-9-24)10-19(25)22-15-4-5-17-18(12-15)27-20(26)23-17/h1-5,11-13H,6-10H2,(H,22,25)(H,23,26). The molecule has 0 radical (unpaired) electrons. The van der Waals surface area contributed by atoms with Gasteiger partial charge >= 0.3 is 5.76 Å². The lowest BCUT2D eigenvalue weighted by atomic mass is 9.93. The molecule has 6 nitrogen and oxygen atoms in total. The third-order valence-electron chi connectivity index (χ3n) is 4.97. The van der Waals surface area contributed by atoms with Gasteiger partial charge in [-0.05, 0) is 49.1 Å². The quantitative estimate of drug-likeness (QED) is 0.738. The van der Waals surface area contributed by atoms with Gasteiger partial charge in [0.15, 0.2) is 5.58 Å². The normalized spacial score (nSPS) is 15.2. The number of halogens is 1. The molecule has 0 aliphatic carbocycles. The van der Waals surface area contributed by atoms with Gasteiger partial charge in [-0.2, -0.15) is 0 Å². The van der Waals surface area contributed by atoms with E-state index in [2.05, 4.69) is 15.2 Å². The summed E-state index contributed by atoms with van der Waals surface area (Å²) in [6, 6.07) is 11.7. The van der Waals surface area contributed by atoms with Crippen LogP contribution >= 0.6 is 0 Å². The molecule has 2 heterocycles. The molecule has 0 spiro atoms. The van der Waals surface area contributed by atoms with Crippen LogP contribution in [-0.4, -0.2) is 24.0 Å². The minimum Gasteiger partial charge on any atom is -0.408 e. The van der Waals surface area contributed by atoms with E-state index in [4.69, 9.17) is 4.42 Å². The molecule has 0 saturated carbocycles. The fraction of sp³-hybridized carbons (Fsp3) is 0.300. The summed E-state index contributed by atoms with van der Waals surface area (Å²) >= 11 is 0. The smallest absolute Gasteiger partial charge is 0.408 e. The largest absolute Gasteiger partial charge is 0.417 e. The predicted octanol–water partition coefficient (Wildman–Crippen LogP) is 3.51. The molecule has 2 N–H and O–H groups in total. The lowest BCUT2D eigenvalue weighted by Gasteiger charge is -2.33. The first-order valence-electron chi connectivity index (χ1n) is 9.00. The van der Waals surface area contributed by atoms with Gasteiger partial charge < -0.3 is 14.6 Å². The molecule has 0 unspecified atom stereocenters. The van der Waals surface area contributed by atoms with Crippen LogP contribution in [0, 0.1) is 11.7 Å². The average molecular weight is 369 g/mol. The van der Waals surface area contributed by atoms with E-state index in [1.165, 1.54) is 6.07 Å². The molecule has 7 heteroatoms. The number of aromatic amines is 1. The van der Waals surface area contributed by atoms with E-state index in [1.807, 2.05) is 6.07 Å². The third kappa shape index (κ3) is 4.02. The molecule has 2 aromatic carbocycles. The summed E-state index contributed by atoms with van der Waals surface area (Å²) < 4.78 is 18.4. The van der Waals surface area contributed by atoms with Crippen LogP contribution in [0.2, 0.25) is 0 Å². The highest BCUT2D eigenvalue weighted by molar-refractivity contribution is 5.92. The topological polar surface area (TPSA) is 78.3 Å². The van der Waals surface area contributed by atoms with Crippen molar-refractivity contribution in [2.45, 2.75) is 19.3 Å². The molecule has 1 amide bonds. The molecule has 0 bridgehead atoms. The van der Waals surface area contributed by atoms with Crippen molar-refractivity contribution in [2.75, 3.05) is 23.3 Å². The number of hydrogen-bond acceptors (Lipinski definition) is 4. The van der Waals surface area contributed by atoms with Gasteiger partial charge in [-0.25, -0.2) is 9.18 Å². The summed E-state index contributed by atoms with van der Waals surface area (Å²) in [5.74, 6) is -0.511. The van der Waals surface area contributed by atoms with Crippen molar-refractivity contribution in [3.63, 3.8) is 0 Å². The van der Waals surface area contributed by atoms with Crippen LogP contribution in [0.5, 0.6) is 0 Å². The first kappa shape index (κ1) is 17.3. The number of H-pyrrole nitrogens is 1. The SMILES string of the molecule is O=C(CC1CCN(c2cccc(F)c2)CC1)Nc1ccc2[nH]c(=O)oc2c1. The summed E-state index contributed by atoms with van der Waals surface area (Å²) in [6.45, 7) is 1.61. The molecule has 3 aromatic rings. The van der Waals surface area contributed by atoms with Crippen molar-refractivity contribution in [1.29, 1.82) is 0 Å². The first-order valence-corrected chi connectivity index (χ1v) is 9.00. The highest BCUT2D eigenvalue weighted by atomic mass is 19.1. The molecule has 1 aliphatic heterocycles. The number of nitrogens with zero attached hydrogens (tertiary/aromatic N) is 1. The number of piperidine rings is 1. The Morgan fingerprint density at radius 1 is 1.22 bits per heavy atom. The number of hydrogen-bond donors (Lipinski definition) is 2. The summed E-state index contributed by atoms with van der Waals surface area (Å²) in [6.07, 6.45) is 2.21. The van der Waals surface area contributed by atoms with Crippen LogP contribution in [0.15, 0.2) is 51.7 Å². The zero-order chi connectivity index (χ0) is 18.8. The lowest BCUT2D eigenvalue weighted by molar-refractivity contribution is -0.117. The van der Waals surface area contributed by atoms with Gasteiger partial charge in [0.1, 0.15) is 5.82 Å². The first-order chi connectivity index (χ1) is 13.1. The Bertz CT molecular complexity index is 1020. The number of anilines is 2. The second kappa shape index (κ2) is 7.26. The summed E-state index contributed by atoms with van der Waals surface area (Å²) in [5, 5.41) is 2.86. The fourth-order valence-corrected chi connectivity index (χ4v) is 3.57. The van der Waals surface area contributed by atoms with Crippen molar-refractivity contribution < 1.29 is 13.6 Å². The Hall–Kier alpha value is -3.09. The van der Waals surface area contributed by atoms with Gasteiger partial charge in [0.25, 0.3) is 0 Å². The molecule has 0 atom stereocenters. The molecule has 1 aliphatic rings. The minimum atomic E-state index is -0.515. The summed E-state index contributed by atoms with van der Waals surface area (Å²) in [7, 11) is 0. The van der Waals surface area contributed by atoms with Gasteiger partial charge in [0.2, 0.25) is 5.91 Å². The number of aromatic nitrogens is 1. The molecule has 27 heavy (non-hydrogen) atoms. The Kier molecular flexibility index (Phi) is 4.66. The van der Waals surface area contributed by atoms with E-state index in [-0.39, 0.29) is 11.7 Å². The number of amides is 1. The van der Waals surface area contributed by atoms with E-state index >= 15 is 0 Å². The Labute approximate surface area is 155 Å². The van der Waals surface area contributed by atoms with Gasteiger partial charge in [-0.15, -0.1) is 0 Å². The van der Waals surface area contributed by atoms with Crippen LogP contribution < -0.4 is 16.0 Å². The second-order valence-corrected chi connectivity index (χ2v) is 6.89. The summed E-state index contributed by atoms with van der Waals surface area (Å²) in [5.41, 5.74) is 2.51. The fourth-order valence-electron chi connectivity index (χ4n) is 3.57. The second-order valence-electron chi connectivity index (χ2n) is 6.89. The van der Waals surface area contributed by atoms with Crippen LogP contribution in [0.25, 0.3) is 11.1 Å². The van der Waals surface area contributed by atoms with E-state index < -0.39 is 5.76 Å².